The summed E-state index contributed by atoms with van der Waals surface area (Å²) in [6, 6.07) is 8.17. The van der Waals surface area contributed by atoms with Gasteiger partial charge in [-0.3, -0.25) is 0 Å². The predicted octanol–water partition coefficient (Wildman–Crippen LogP) is 4.24. The molecule has 0 heterocycles. The molecule has 0 unspecified atom stereocenters. The maximum absolute atomic E-state index is 11.7. The van der Waals surface area contributed by atoms with E-state index in [1.54, 1.807) is 0 Å². The van der Waals surface area contributed by atoms with Gasteiger partial charge >= 0.3 is 5.97 Å². The Balaban J connectivity index is 1.90. The fourth-order valence-corrected chi connectivity index (χ4v) is 2.62. The van der Waals surface area contributed by atoms with Crippen LogP contribution in [0.15, 0.2) is 24.3 Å². The summed E-state index contributed by atoms with van der Waals surface area (Å²) in [5.41, 5.74) is 1.70. The zero-order chi connectivity index (χ0) is 14.5. The number of hydrogen-bond donors (Lipinski definition) is 1. The van der Waals surface area contributed by atoms with Crippen LogP contribution in [0.5, 0.6) is 0 Å². The van der Waals surface area contributed by atoms with Gasteiger partial charge in [0.05, 0.1) is 11.7 Å². The van der Waals surface area contributed by atoms with Crippen molar-refractivity contribution in [2.45, 2.75) is 58.6 Å². The SMILES string of the molecule is CC1CCC(Nc2ccc(C(=O)OC(C)C)cc2)CC1. The molecule has 1 aromatic rings. The summed E-state index contributed by atoms with van der Waals surface area (Å²) in [4.78, 5) is 11.7. The molecule has 110 valence electrons. The van der Waals surface area contributed by atoms with E-state index in [0.29, 0.717) is 11.6 Å². The van der Waals surface area contributed by atoms with Crippen molar-refractivity contribution in [3.05, 3.63) is 29.8 Å². The average Bonchev–Trinajstić information content (AvgIpc) is 2.41. The molecule has 0 atom stereocenters. The average molecular weight is 275 g/mol. The van der Waals surface area contributed by atoms with Gasteiger partial charge < -0.3 is 10.1 Å². The van der Waals surface area contributed by atoms with Crippen LogP contribution in [-0.2, 0) is 4.74 Å². The van der Waals surface area contributed by atoms with Gasteiger partial charge in [-0.1, -0.05) is 6.92 Å². The topological polar surface area (TPSA) is 38.3 Å². The molecule has 1 aromatic carbocycles. The first-order valence-corrected chi connectivity index (χ1v) is 7.62. The van der Waals surface area contributed by atoms with Crippen molar-refractivity contribution in [3.63, 3.8) is 0 Å². The standard InChI is InChI=1S/C17H25NO2/c1-12(2)20-17(19)14-6-10-16(11-7-14)18-15-8-4-13(3)5-9-15/h6-7,10-13,15,18H,4-5,8-9H2,1-3H3. The van der Waals surface area contributed by atoms with Crippen molar-refractivity contribution in [1.82, 2.24) is 0 Å². The maximum atomic E-state index is 11.7. The Bertz CT molecular complexity index is 431. The monoisotopic (exact) mass is 275 g/mol. The van der Waals surface area contributed by atoms with E-state index in [2.05, 4.69) is 12.2 Å². The Hall–Kier alpha value is -1.51. The first-order chi connectivity index (χ1) is 9.54. The van der Waals surface area contributed by atoms with Gasteiger partial charge in [0, 0.05) is 11.7 Å². The Morgan fingerprint density at radius 3 is 2.30 bits per heavy atom. The van der Waals surface area contributed by atoms with Crippen molar-refractivity contribution in [3.8, 4) is 0 Å². The summed E-state index contributed by atoms with van der Waals surface area (Å²) in [6.45, 7) is 6.04. The van der Waals surface area contributed by atoms with Gasteiger partial charge in [-0.2, -0.15) is 0 Å². The minimum absolute atomic E-state index is 0.0791. The molecule has 1 saturated carbocycles. The van der Waals surface area contributed by atoms with Crippen LogP contribution in [-0.4, -0.2) is 18.1 Å². The lowest BCUT2D eigenvalue weighted by molar-refractivity contribution is 0.0378. The van der Waals surface area contributed by atoms with Crippen LogP contribution >= 0.6 is 0 Å². The van der Waals surface area contributed by atoms with Gasteiger partial charge in [-0.05, 0) is 69.7 Å². The molecular weight excluding hydrogens is 250 g/mol. The number of carbonyl (C=O) groups excluding carboxylic acids is 1. The molecule has 0 aromatic heterocycles. The second-order valence-corrected chi connectivity index (χ2v) is 6.13. The number of rotatable bonds is 4. The summed E-state index contributed by atoms with van der Waals surface area (Å²) < 4.78 is 5.18. The predicted molar refractivity (Wildman–Crippen MR) is 82.0 cm³/mol. The van der Waals surface area contributed by atoms with Crippen LogP contribution in [0, 0.1) is 5.92 Å². The number of hydrogen-bond acceptors (Lipinski definition) is 3. The normalized spacial score (nSPS) is 22.6. The van der Waals surface area contributed by atoms with E-state index in [4.69, 9.17) is 4.74 Å². The molecule has 3 nitrogen and oxygen atoms in total. The van der Waals surface area contributed by atoms with E-state index in [9.17, 15) is 4.79 Å². The van der Waals surface area contributed by atoms with Gasteiger partial charge in [-0.15, -0.1) is 0 Å². The summed E-state index contributed by atoms with van der Waals surface area (Å²) in [6.07, 6.45) is 4.99. The van der Waals surface area contributed by atoms with Crippen LogP contribution in [0.1, 0.15) is 56.8 Å². The zero-order valence-electron chi connectivity index (χ0n) is 12.7. The third kappa shape index (κ3) is 4.26. The molecule has 1 fully saturated rings. The fraction of sp³-hybridized carbons (Fsp3) is 0.588. The quantitative estimate of drug-likeness (QED) is 0.835. The third-order valence-corrected chi connectivity index (χ3v) is 3.85. The number of esters is 1. The van der Waals surface area contributed by atoms with Gasteiger partial charge in [0.2, 0.25) is 0 Å². The lowest BCUT2D eigenvalue weighted by Crippen LogP contribution is -2.25. The molecule has 0 aliphatic heterocycles. The summed E-state index contributed by atoms with van der Waals surface area (Å²) in [5.74, 6) is 0.610. The number of nitrogens with one attached hydrogen (secondary N) is 1. The Labute approximate surface area is 121 Å². The fourth-order valence-electron chi connectivity index (χ4n) is 2.62. The highest BCUT2D eigenvalue weighted by atomic mass is 16.5. The molecule has 2 rings (SSSR count). The molecule has 1 aliphatic carbocycles. The van der Waals surface area contributed by atoms with Gasteiger partial charge in [0.25, 0.3) is 0 Å². The van der Waals surface area contributed by atoms with E-state index >= 15 is 0 Å². The lowest BCUT2D eigenvalue weighted by atomic mass is 9.87. The second kappa shape index (κ2) is 6.78. The van der Waals surface area contributed by atoms with Crippen molar-refractivity contribution in [2.24, 2.45) is 5.92 Å². The van der Waals surface area contributed by atoms with E-state index in [-0.39, 0.29) is 12.1 Å². The molecular formula is C17H25NO2. The maximum Gasteiger partial charge on any atom is 0.338 e. The Morgan fingerprint density at radius 2 is 1.75 bits per heavy atom. The minimum Gasteiger partial charge on any atom is -0.459 e. The number of carbonyl (C=O) groups is 1. The number of anilines is 1. The highest BCUT2D eigenvalue weighted by Crippen LogP contribution is 2.26. The minimum atomic E-state index is -0.252. The van der Waals surface area contributed by atoms with Crippen LogP contribution < -0.4 is 5.32 Å². The highest BCUT2D eigenvalue weighted by molar-refractivity contribution is 5.89. The van der Waals surface area contributed by atoms with Crippen molar-refractivity contribution in [1.29, 1.82) is 0 Å². The molecule has 0 bridgehead atoms. The Kier molecular flexibility index (Phi) is 5.05. The van der Waals surface area contributed by atoms with Gasteiger partial charge in [-0.25, -0.2) is 4.79 Å². The van der Waals surface area contributed by atoms with Gasteiger partial charge in [0.1, 0.15) is 0 Å². The summed E-state index contributed by atoms with van der Waals surface area (Å²) in [7, 11) is 0. The van der Waals surface area contributed by atoms with Crippen molar-refractivity contribution < 1.29 is 9.53 Å². The van der Waals surface area contributed by atoms with Crippen LogP contribution in [0.2, 0.25) is 0 Å². The largest absolute Gasteiger partial charge is 0.459 e. The number of benzene rings is 1. The molecule has 0 amide bonds. The van der Waals surface area contributed by atoms with E-state index in [1.807, 2.05) is 38.1 Å². The van der Waals surface area contributed by atoms with Gasteiger partial charge in [0.15, 0.2) is 0 Å². The Morgan fingerprint density at radius 1 is 1.15 bits per heavy atom. The molecule has 0 spiro atoms. The highest BCUT2D eigenvalue weighted by Gasteiger charge is 2.18. The first-order valence-electron chi connectivity index (χ1n) is 7.62. The molecule has 0 saturated heterocycles. The lowest BCUT2D eigenvalue weighted by Gasteiger charge is -2.27. The molecule has 3 heteroatoms. The van der Waals surface area contributed by atoms with Crippen molar-refractivity contribution in [2.75, 3.05) is 5.32 Å². The first kappa shape index (κ1) is 14.9. The third-order valence-electron chi connectivity index (χ3n) is 3.85. The number of ether oxygens (including phenoxy) is 1. The van der Waals surface area contributed by atoms with Crippen LogP contribution in [0.3, 0.4) is 0 Å². The van der Waals surface area contributed by atoms with Crippen LogP contribution in [0.4, 0.5) is 5.69 Å². The zero-order valence-corrected chi connectivity index (χ0v) is 12.7. The van der Waals surface area contributed by atoms with Crippen LogP contribution in [0.25, 0.3) is 0 Å². The van der Waals surface area contributed by atoms with E-state index in [1.165, 1.54) is 25.7 Å². The molecule has 20 heavy (non-hydrogen) atoms. The smallest absolute Gasteiger partial charge is 0.338 e. The van der Waals surface area contributed by atoms with Crippen molar-refractivity contribution >= 4 is 11.7 Å². The second-order valence-electron chi connectivity index (χ2n) is 6.13. The molecule has 1 aliphatic rings. The molecule has 1 N–H and O–H groups in total. The van der Waals surface area contributed by atoms with E-state index < -0.39 is 0 Å². The summed E-state index contributed by atoms with van der Waals surface area (Å²) >= 11 is 0. The van der Waals surface area contributed by atoms with E-state index in [0.717, 1.165) is 11.6 Å². The molecule has 0 radical (unpaired) electrons. The summed E-state index contributed by atoms with van der Waals surface area (Å²) in [5, 5.41) is 3.56.